The Kier molecular flexibility index (Phi) is 11.5. The monoisotopic (exact) mass is 244 g/mol. The summed E-state index contributed by atoms with van der Waals surface area (Å²) in [4.78, 5) is 10.5. The van der Waals surface area contributed by atoms with Crippen molar-refractivity contribution < 1.29 is 14.6 Å². The molecule has 0 aliphatic carbocycles. The first-order valence-electron chi connectivity index (χ1n) is 6.99. The number of unbranched alkanes of at least 4 members (excludes halogenated alkanes) is 7. The fraction of sp³-hybridized carbons (Fsp3) is 0.929. The van der Waals surface area contributed by atoms with Gasteiger partial charge < -0.3 is 9.84 Å². The van der Waals surface area contributed by atoms with Gasteiger partial charge in [0, 0.05) is 6.61 Å². The van der Waals surface area contributed by atoms with E-state index in [2.05, 4.69) is 6.92 Å². The molecular weight excluding hydrogens is 216 g/mol. The van der Waals surface area contributed by atoms with E-state index >= 15 is 0 Å². The topological polar surface area (TPSA) is 46.5 Å². The number of hydrogen-bond donors (Lipinski definition) is 1. The van der Waals surface area contributed by atoms with Crippen LogP contribution in [0.3, 0.4) is 0 Å². The Hall–Kier alpha value is -0.570. The number of aliphatic carboxylic acids is 1. The quantitative estimate of drug-likeness (QED) is 0.530. The predicted molar refractivity (Wildman–Crippen MR) is 70.2 cm³/mol. The number of carboxylic acids is 1. The normalized spacial score (nSPS) is 12.6. The zero-order chi connectivity index (χ0) is 12.9. The van der Waals surface area contributed by atoms with Gasteiger partial charge in [-0.3, -0.25) is 4.79 Å². The van der Waals surface area contributed by atoms with E-state index in [0.29, 0.717) is 13.2 Å². The summed E-state index contributed by atoms with van der Waals surface area (Å²) < 4.78 is 5.32. The number of carbonyl (C=O) groups is 1. The summed E-state index contributed by atoms with van der Waals surface area (Å²) in [5.41, 5.74) is 0. The number of ether oxygens (including phenoxy) is 1. The fourth-order valence-electron chi connectivity index (χ4n) is 1.67. The summed E-state index contributed by atoms with van der Waals surface area (Å²) in [5.74, 6) is -1.16. The lowest BCUT2D eigenvalue weighted by Crippen LogP contribution is -2.16. The van der Waals surface area contributed by atoms with Gasteiger partial charge >= 0.3 is 5.97 Å². The highest BCUT2D eigenvalue weighted by Gasteiger charge is 2.09. The highest BCUT2D eigenvalue weighted by atomic mass is 16.5. The molecule has 0 saturated heterocycles. The van der Waals surface area contributed by atoms with Crippen molar-refractivity contribution in [3.8, 4) is 0 Å². The van der Waals surface area contributed by atoms with Crippen LogP contribution < -0.4 is 0 Å². The average molecular weight is 244 g/mol. The van der Waals surface area contributed by atoms with Crippen LogP contribution in [-0.2, 0) is 9.53 Å². The molecule has 0 aromatic rings. The second-order valence-electron chi connectivity index (χ2n) is 4.79. The molecule has 3 heteroatoms. The van der Waals surface area contributed by atoms with E-state index in [-0.39, 0.29) is 5.92 Å². The first-order valence-corrected chi connectivity index (χ1v) is 6.99. The van der Waals surface area contributed by atoms with Gasteiger partial charge in [0.05, 0.1) is 12.5 Å². The van der Waals surface area contributed by atoms with Crippen LogP contribution in [0.25, 0.3) is 0 Å². The molecule has 0 aromatic carbocycles. The van der Waals surface area contributed by atoms with Crippen LogP contribution in [0.1, 0.15) is 65.2 Å². The molecule has 3 nitrogen and oxygen atoms in total. The molecular formula is C14H28O3. The Morgan fingerprint density at radius 1 is 1.06 bits per heavy atom. The summed E-state index contributed by atoms with van der Waals surface area (Å²) in [6.07, 6.45) is 10.2. The zero-order valence-corrected chi connectivity index (χ0v) is 11.4. The van der Waals surface area contributed by atoms with E-state index in [1.165, 1.54) is 44.9 Å². The molecule has 0 fully saturated rings. The largest absolute Gasteiger partial charge is 0.481 e. The molecule has 0 aliphatic heterocycles. The van der Waals surface area contributed by atoms with Gasteiger partial charge in [0.2, 0.25) is 0 Å². The molecule has 0 bridgehead atoms. The summed E-state index contributed by atoms with van der Waals surface area (Å²) in [7, 11) is 0. The number of hydrogen-bond acceptors (Lipinski definition) is 2. The smallest absolute Gasteiger partial charge is 0.308 e. The minimum atomic E-state index is -0.777. The highest BCUT2D eigenvalue weighted by Crippen LogP contribution is 2.08. The van der Waals surface area contributed by atoms with Crippen molar-refractivity contribution >= 4 is 5.97 Å². The number of rotatable bonds is 12. The Balaban J connectivity index is 3.06. The maximum atomic E-state index is 10.5. The maximum absolute atomic E-state index is 10.5. The molecule has 17 heavy (non-hydrogen) atoms. The summed E-state index contributed by atoms with van der Waals surface area (Å²) in [5, 5.41) is 8.65. The number of carboxylic acid groups (broad SMARTS) is 1. The standard InChI is InChI=1S/C14H28O3/c1-3-4-5-6-7-8-9-10-11-17-12-13(2)14(15)16/h13H,3-12H2,1-2H3,(H,15,16). The lowest BCUT2D eigenvalue weighted by molar-refractivity contribution is -0.143. The van der Waals surface area contributed by atoms with Crippen molar-refractivity contribution in [2.75, 3.05) is 13.2 Å². The lowest BCUT2D eigenvalue weighted by Gasteiger charge is -2.07. The second kappa shape index (κ2) is 11.9. The van der Waals surface area contributed by atoms with Crippen LogP contribution in [0.2, 0.25) is 0 Å². The Morgan fingerprint density at radius 3 is 2.12 bits per heavy atom. The first-order chi connectivity index (χ1) is 8.18. The van der Waals surface area contributed by atoms with E-state index in [0.717, 1.165) is 6.42 Å². The molecule has 1 atom stereocenters. The molecule has 0 heterocycles. The van der Waals surface area contributed by atoms with Crippen molar-refractivity contribution in [2.45, 2.75) is 65.2 Å². The van der Waals surface area contributed by atoms with Crippen molar-refractivity contribution in [3.63, 3.8) is 0 Å². The summed E-state index contributed by atoms with van der Waals surface area (Å²) >= 11 is 0. The molecule has 0 radical (unpaired) electrons. The van der Waals surface area contributed by atoms with Gasteiger partial charge in [0.15, 0.2) is 0 Å². The third-order valence-electron chi connectivity index (χ3n) is 2.93. The molecule has 0 spiro atoms. The van der Waals surface area contributed by atoms with Gasteiger partial charge in [-0.1, -0.05) is 51.9 Å². The third-order valence-corrected chi connectivity index (χ3v) is 2.93. The van der Waals surface area contributed by atoms with Gasteiger partial charge in [-0.2, -0.15) is 0 Å². The zero-order valence-electron chi connectivity index (χ0n) is 11.4. The van der Waals surface area contributed by atoms with E-state index in [1.807, 2.05) is 0 Å². The van der Waals surface area contributed by atoms with Gasteiger partial charge in [-0.15, -0.1) is 0 Å². The molecule has 1 unspecified atom stereocenters. The van der Waals surface area contributed by atoms with Crippen LogP contribution in [0.4, 0.5) is 0 Å². The molecule has 102 valence electrons. The van der Waals surface area contributed by atoms with Crippen LogP contribution in [0.15, 0.2) is 0 Å². The van der Waals surface area contributed by atoms with Gasteiger partial charge in [0.25, 0.3) is 0 Å². The van der Waals surface area contributed by atoms with E-state index in [4.69, 9.17) is 9.84 Å². The Morgan fingerprint density at radius 2 is 1.59 bits per heavy atom. The van der Waals surface area contributed by atoms with Crippen LogP contribution in [0, 0.1) is 5.92 Å². The van der Waals surface area contributed by atoms with E-state index in [1.54, 1.807) is 6.92 Å². The predicted octanol–water partition coefficient (Wildman–Crippen LogP) is 3.86. The van der Waals surface area contributed by atoms with E-state index in [9.17, 15) is 4.79 Å². The van der Waals surface area contributed by atoms with Crippen molar-refractivity contribution in [2.24, 2.45) is 5.92 Å². The van der Waals surface area contributed by atoms with Crippen molar-refractivity contribution in [1.82, 2.24) is 0 Å². The molecule has 0 rings (SSSR count). The second-order valence-corrected chi connectivity index (χ2v) is 4.79. The maximum Gasteiger partial charge on any atom is 0.308 e. The molecule has 0 amide bonds. The van der Waals surface area contributed by atoms with Gasteiger partial charge in [0.1, 0.15) is 0 Å². The van der Waals surface area contributed by atoms with Crippen molar-refractivity contribution in [3.05, 3.63) is 0 Å². The Labute approximate surface area is 106 Å². The molecule has 0 aromatic heterocycles. The SMILES string of the molecule is CCCCCCCCCCOCC(C)C(=O)O. The van der Waals surface area contributed by atoms with Gasteiger partial charge in [-0.05, 0) is 13.3 Å². The molecule has 0 aliphatic rings. The average Bonchev–Trinajstić information content (AvgIpc) is 2.31. The van der Waals surface area contributed by atoms with Crippen LogP contribution in [-0.4, -0.2) is 24.3 Å². The van der Waals surface area contributed by atoms with Crippen LogP contribution in [0.5, 0.6) is 0 Å². The Bertz CT molecular complexity index is 180. The van der Waals surface area contributed by atoms with Crippen LogP contribution >= 0.6 is 0 Å². The lowest BCUT2D eigenvalue weighted by atomic mass is 10.1. The fourth-order valence-corrected chi connectivity index (χ4v) is 1.67. The minimum absolute atomic E-state index is 0.339. The third kappa shape index (κ3) is 11.7. The first kappa shape index (κ1) is 16.4. The summed E-state index contributed by atoms with van der Waals surface area (Å²) in [6, 6.07) is 0. The summed E-state index contributed by atoms with van der Waals surface area (Å²) in [6.45, 7) is 4.95. The van der Waals surface area contributed by atoms with Crippen molar-refractivity contribution in [1.29, 1.82) is 0 Å². The molecule has 1 N–H and O–H groups in total. The molecule has 0 saturated carbocycles. The highest BCUT2D eigenvalue weighted by molar-refractivity contribution is 5.69. The van der Waals surface area contributed by atoms with Gasteiger partial charge in [-0.25, -0.2) is 0 Å². The van der Waals surface area contributed by atoms with E-state index < -0.39 is 5.97 Å². The minimum Gasteiger partial charge on any atom is -0.481 e.